The third kappa shape index (κ3) is 6.92. The molecule has 72 heavy (non-hydrogen) atoms. The Bertz CT molecular complexity index is 4180. The van der Waals surface area contributed by atoms with Gasteiger partial charge in [0.2, 0.25) is 0 Å². The number of furan rings is 1. The fourth-order valence-electron chi connectivity index (χ4n) is 10.9. The number of para-hydroxylation sites is 5. The minimum absolute atomic E-state index is 0.804. The van der Waals surface area contributed by atoms with Crippen molar-refractivity contribution in [1.82, 2.24) is 0 Å². The molecule has 0 unspecified atom stereocenters. The van der Waals surface area contributed by atoms with Gasteiger partial charge in [-0.15, -0.1) is 0 Å². The fourth-order valence-corrected chi connectivity index (χ4v) is 10.9. The molecule has 14 rings (SSSR count). The Morgan fingerprint density at radius 3 is 1.60 bits per heavy atom. The number of ether oxygens (including phenoxy) is 1. The van der Waals surface area contributed by atoms with Gasteiger partial charge in [0.05, 0.1) is 22.7 Å². The quantitative estimate of drug-likeness (QED) is 0.135. The van der Waals surface area contributed by atoms with Gasteiger partial charge in [-0.2, -0.15) is 0 Å². The van der Waals surface area contributed by atoms with Gasteiger partial charge in [-0.25, -0.2) is 0 Å². The van der Waals surface area contributed by atoms with Gasteiger partial charge in [-0.3, -0.25) is 0 Å². The highest BCUT2D eigenvalue weighted by molar-refractivity contribution is 6.18. The zero-order chi connectivity index (χ0) is 47.5. The zero-order valence-corrected chi connectivity index (χ0v) is 39.1. The highest BCUT2D eigenvalue weighted by atomic mass is 16.5. The monoisotopic (exact) mass is 920 g/mol. The average Bonchev–Trinajstić information content (AvgIpc) is 3.84. The zero-order valence-electron chi connectivity index (χ0n) is 39.1. The van der Waals surface area contributed by atoms with Crippen molar-refractivity contribution in [2.75, 3.05) is 9.80 Å². The van der Waals surface area contributed by atoms with Crippen LogP contribution in [0.2, 0.25) is 0 Å². The van der Waals surface area contributed by atoms with Crippen molar-refractivity contribution >= 4 is 77.6 Å². The summed E-state index contributed by atoms with van der Waals surface area (Å²) in [4.78, 5) is 4.68. The molecule has 1 aromatic heterocycles. The van der Waals surface area contributed by atoms with Crippen LogP contribution in [0.25, 0.3) is 88.0 Å². The van der Waals surface area contributed by atoms with Crippen LogP contribution in [-0.2, 0) is 0 Å². The van der Waals surface area contributed by atoms with Crippen LogP contribution >= 0.6 is 0 Å². The Morgan fingerprint density at radius 2 is 0.847 bits per heavy atom. The van der Waals surface area contributed by atoms with Crippen molar-refractivity contribution in [3.05, 3.63) is 267 Å². The van der Waals surface area contributed by atoms with Crippen LogP contribution in [-0.4, -0.2) is 0 Å². The lowest BCUT2D eigenvalue weighted by molar-refractivity contribution is 0.487. The molecule has 0 spiro atoms. The second kappa shape index (κ2) is 17.1. The Balaban J connectivity index is 0.861. The van der Waals surface area contributed by atoms with Crippen molar-refractivity contribution in [1.29, 1.82) is 0 Å². The van der Waals surface area contributed by atoms with Gasteiger partial charge >= 0.3 is 0 Å². The Hall–Kier alpha value is -9.64. The Labute approximate surface area is 417 Å². The number of benzene rings is 12. The highest BCUT2D eigenvalue weighted by Crippen LogP contribution is 2.53. The molecule has 0 N–H and O–H groups in total. The van der Waals surface area contributed by atoms with E-state index < -0.39 is 0 Å². The molecule has 0 saturated heterocycles. The first-order chi connectivity index (χ1) is 35.7. The molecule has 13 aromatic rings. The SMILES string of the molecule is c1ccc(-c2ccccc2N(c2ccccc2)c2ccc(-c3ccc4cc5c6c(cccc6c4c3)Oc3cc(N(c4ccccc4-c4ccccc4)c4cccc6c4oc4ccccc46)ccc3-5)cc2)cc1. The van der Waals surface area contributed by atoms with Crippen molar-refractivity contribution in [2.45, 2.75) is 0 Å². The maximum Gasteiger partial charge on any atom is 0.159 e. The minimum Gasteiger partial charge on any atom is -0.456 e. The Morgan fingerprint density at radius 1 is 0.278 bits per heavy atom. The third-order valence-electron chi connectivity index (χ3n) is 14.2. The van der Waals surface area contributed by atoms with Crippen molar-refractivity contribution < 1.29 is 9.15 Å². The number of rotatable bonds is 9. The van der Waals surface area contributed by atoms with E-state index in [1.54, 1.807) is 0 Å². The fraction of sp³-hybridized carbons (Fsp3) is 0. The van der Waals surface area contributed by atoms with Crippen LogP contribution in [0.1, 0.15) is 0 Å². The van der Waals surface area contributed by atoms with E-state index in [1.165, 1.54) is 21.9 Å². The van der Waals surface area contributed by atoms with E-state index in [0.29, 0.717) is 0 Å². The van der Waals surface area contributed by atoms with E-state index in [9.17, 15) is 0 Å². The van der Waals surface area contributed by atoms with Crippen LogP contribution in [0.4, 0.5) is 34.1 Å². The molecule has 1 aliphatic rings. The maximum absolute atomic E-state index is 7.02. The van der Waals surface area contributed by atoms with Gasteiger partial charge in [0.15, 0.2) is 5.58 Å². The minimum atomic E-state index is 0.804. The van der Waals surface area contributed by atoms with Gasteiger partial charge in [0.25, 0.3) is 0 Å². The van der Waals surface area contributed by atoms with Crippen molar-refractivity contribution in [3.63, 3.8) is 0 Å². The first-order valence-corrected chi connectivity index (χ1v) is 24.5. The third-order valence-corrected chi connectivity index (χ3v) is 14.2. The summed E-state index contributed by atoms with van der Waals surface area (Å²) in [5.41, 5.74) is 17.1. The number of hydrogen-bond donors (Lipinski definition) is 0. The normalized spacial score (nSPS) is 11.7. The Kier molecular flexibility index (Phi) is 9.82. The van der Waals surface area contributed by atoms with Crippen LogP contribution in [0.15, 0.2) is 271 Å². The molecule has 2 heterocycles. The molecule has 0 radical (unpaired) electrons. The summed E-state index contributed by atoms with van der Waals surface area (Å²) < 4.78 is 13.7. The van der Waals surface area contributed by atoms with Gasteiger partial charge in [-0.05, 0) is 123 Å². The number of hydrogen-bond acceptors (Lipinski definition) is 4. The first-order valence-electron chi connectivity index (χ1n) is 24.5. The molecule has 0 amide bonds. The van der Waals surface area contributed by atoms with Crippen LogP contribution in [0.3, 0.4) is 0 Å². The molecule has 12 aromatic carbocycles. The lowest BCUT2D eigenvalue weighted by Crippen LogP contribution is -2.12. The summed E-state index contributed by atoms with van der Waals surface area (Å²) in [7, 11) is 0. The lowest BCUT2D eigenvalue weighted by atomic mass is 9.89. The predicted octanol–water partition coefficient (Wildman–Crippen LogP) is 19.6. The predicted molar refractivity (Wildman–Crippen MR) is 300 cm³/mol. The summed E-state index contributed by atoms with van der Waals surface area (Å²) >= 11 is 0. The van der Waals surface area contributed by atoms with Crippen LogP contribution < -0.4 is 14.5 Å². The average molecular weight is 921 g/mol. The van der Waals surface area contributed by atoms with Crippen LogP contribution in [0, 0.1) is 0 Å². The first kappa shape index (κ1) is 41.3. The molecule has 0 aliphatic carbocycles. The second-order valence-electron chi connectivity index (χ2n) is 18.4. The van der Waals surface area contributed by atoms with E-state index in [0.717, 1.165) is 112 Å². The second-order valence-corrected chi connectivity index (χ2v) is 18.4. The van der Waals surface area contributed by atoms with Crippen LogP contribution in [0.5, 0.6) is 11.5 Å². The summed E-state index contributed by atoms with van der Waals surface area (Å²) in [5.74, 6) is 1.65. The molecule has 0 bridgehead atoms. The molecule has 1 aliphatic heterocycles. The molecule has 4 heteroatoms. The number of nitrogens with zero attached hydrogens (tertiary/aromatic N) is 2. The highest BCUT2D eigenvalue weighted by Gasteiger charge is 2.27. The van der Waals surface area contributed by atoms with Gasteiger partial charge in [-0.1, -0.05) is 182 Å². The van der Waals surface area contributed by atoms with Gasteiger partial charge in [0.1, 0.15) is 17.1 Å². The van der Waals surface area contributed by atoms with Crippen molar-refractivity contribution in [2.24, 2.45) is 0 Å². The van der Waals surface area contributed by atoms with Crippen molar-refractivity contribution in [3.8, 4) is 56.0 Å². The molecule has 0 fully saturated rings. The summed E-state index contributed by atoms with van der Waals surface area (Å²) in [6.45, 7) is 0. The van der Waals surface area contributed by atoms with E-state index in [4.69, 9.17) is 9.15 Å². The summed E-state index contributed by atoms with van der Waals surface area (Å²) in [6.07, 6.45) is 0. The lowest BCUT2D eigenvalue weighted by Gasteiger charge is -2.29. The molecule has 0 saturated carbocycles. The van der Waals surface area contributed by atoms with E-state index in [1.807, 2.05) is 12.1 Å². The standard InChI is InChI=1S/C68H44N2O2/c1-4-18-46(19-5-1)53-24-10-13-29-61(53)69(50-22-8-3-9-23-50)51-38-36-45(37-39-51)48-34-35-49-43-60-56-41-40-52(44-66(56)71-65-33-17-27-57(67(60)65)59(49)42-48)70(62-30-14-11-25-54(62)47-20-6-2-7-21-47)63-31-16-28-58-55-26-12-15-32-64(55)72-68(58)63/h1-44H. The summed E-state index contributed by atoms with van der Waals surface area (Å²) in [6, 6.07) is 95.1. The molecule has 338 valence electrons. The molecule has 4 nitrogen and oxygen atoms in total. The topological polar surface area (TPSA) is 28.9 Å². The van der Waals surface area contributed by atoms with Gasteiger partial charge in [0, 0.05) is 50.3 Å². The van der Waals surface area contributed by atoms with E-state index >= 15 is 0 Å². The molecule has 0 atom stereocenters. The molecular formula is C68H44N2O2. The van der Waals surface area contributed by atoms with E-state index in [2.05, 4.69) is 265 Å². The largest absolute Gasteiger partial charge is 0.456 e. The smallest absolute Gasteiger partial charge is 0.159 e. The number of anilines is 6. The maximum atomic E-state index is 7.02. The molecular weight excluding hydrogens is 877 g/mol. The number of fused-ring (bicyclic) bond motifs is 7. The van der Waals surface area contributed by atoms with E-state index in [-0.39, 0.29) is 0 Å². The summed E-state index contributed by atoms with van der Waals surface area (Å²) in [5, 5.41) is 6.80. The van der Waals surface area contributed by atoms with Gasteiger partial charge < -0.3 is 19.0 Å².